The number of ketones is 1. The molecule has 0 radical (unpaired) electrons. The zero-order valence-electron chi connectivity index (χ0n) is 9.61. The summed E-state index contributed by atoms with van der Waals surface area (Å²) in [6.45, 7) is 0. The van der Waals surface area contributed by atoms with Gasteiger partial charge in [0.2, 0.25) is 0 Å². The molecule has 0 aliphatic heterocycles. The lowest BCUT2D eigenvalue weighted by molar-refractivity contribution is 0.103. The summed E-state index contributed by atoms with van der Waals surface area (Å²) in [6.07, 6.45) is 0. The van der Waals surface area contributed by atoms with Crippen molar-refractivity contribution in [3.63, 3.8) is 0 Å². The molecule has 2 aromatic rings. The minimum absolute atomic E-state index is 0.162. The summed E-state index contributed by atoms with van der Waals surface area (Å²) in [5.74, 6) is 0.288. The number of hydrogen-bond donors (Lipinski definition) is 0. The van der Waals surface area contributed by atoms with Gasteiger partial charge in [-0.2, -0.15) is 0 Å². The third kappa shape index (κ3) is 2.35. The van der Waals surface area contributed by atoms with Crippen molar-refractivity contribution in [2.24, 2.45) is 0 Å². The van der Waals surface area contributed by atoms with E-state index in [1.807, 2.05) is 6.07 Å². The Hall–Kier alpha value is -1.51. The molecule has 2 nitrogen and oxygen atoms in total. The van der Waals surface area contributed by atoms with Crippen LogP contribution in [0.4, 0.5) is 0 Å². The second-order valence-corrected chi connectivity index (χ2v) is 4.39. The van der Waals surface area contributed by atoms with Crippen molar-refractivity contribution in [1.29, 1.82) is 0 Å². The highest BCUT2D eigenvalue weighted by Gasteiger charge is 2.17. The molecule has 0 amide bonds. The molecule has 0 fully saturated rings. The van der Waals surface area contributed by atoms with Gasteiger partial charge in [0, 0.05) is 11.1 Å². The first-order valence-electron chi connectivity index (χ1n) is 5.27. The molecule has 0 atom stereocenters. The van der Waals surface area contributed by atoms with Crippen LogP contribution in [0, 0.1) is 0 Å². The van der Waals surface area contributed by atoms with Gasteiger partial charge in [-0.15, -0.1) is 0 Å². The summed E-state index contributed by atoms with van der Waals surface area (Å²) in [4.78, 5) is 12.2. The Morgan fingerprint density at radius 3 is 2.28 bits per heavy atom. The van der Waals surface area contributed by atoms with Crippen LogP contribution in [0.3, 0.4) is 0 Å². The number of carbonyl (C=O) groups is 1. The second kappa shape index (κ2) is 5.42. The van der Waals surface area contributed by atoms with E-state index in [2.05, 4.69) is 0 Å². The van der Waals surface area contributed by atoms with Gasteiger partial charge in [0.05, 0.1) is 12.1 Å². The first-order valence-corrected chi connectivity index (χ1v) is 6.02. The molecule has 4 heteroatoms. The fourth-order valence-corrected chi connectivity index (χ4v) is 2.09. The average molecular weight is 281 g/mol. The predicted octanol–water partition coefficient (Wildman–Crippen LogP) is 4.23. The van der Waals surface area contributed by atoms with Gasteiger partial charge in [0.15, 0.2) is 5.78 Å². The van der Waals surface area contributed by atoms with Gasteiger partial charge in [0.25, 0.3) is 0 Å². The highest BCUT2D eigenvalue weighted by molar-refractivity contribution is 6.45. The van der Waals surface area contributed by atoms with E-state index in [9.17, 15) is 4.79 Å². The maximum atomic E-state index is 12.2. The summed E-state index contributed by atoms with van der Waals surface area (Å²) < 4.78 is 5.04. The molecule has 0 heterocycles. The van der Waals surface area contributed by atoms with Crippen molar-refractivity contribution in [1.82, 2.24) is 0 Å². The van der Waals surface area contributed by atoms with E-state index in [0.717, 1.165) is 0 Å². The van der Waals surface area contributed by atoms with E-state index in [1.165, 1.54) is 7.11 Å². The normalized spacial score (nSPS) is 10.2. The quantitative estimate of drug-likeness (QED) is 0.787. The van der Waals surface area contributed by atoms with Gasteiger partial charge in [-0.05, 0) is 12.1 Å². The molecule has 0 saturated heterocycles. The van der Waals surface area contributed by atoms with E-state index in [-0.39, 0.29) is 15.8 Å². The first-order chi connectivity index (χ1) is 8.65. The molecule has 92 valence electrons. The maximum Gasteiger partial charge on any atom is 0.194 e. The van der Waals surface area contributed by atoms with Gasteiger partial charge in [-0.3, -0.25) is 4.79 Å². The van der Waals surface area contributed by atoms with Gasteiger partial charge in [-0.25, -0.2) is 0 Å². The van der Waals surface area contributed by atoms with Gasteiger partial charge in [0.1, 0.15) is 10.8 Å². The van der Waals surface area contributed by atoms with Crippen LogP contribution >= 0.6 is 23.2 Å². The Kier molecular flexibility index (Phi) is 3.90. The van der Waals surface area contributed by atoms with Crippen LogP contribution in [0.2, 0.25) is 10.0 Å². The lowest BCUT2D eigenvalue weighted by Crippen LogP contribution is -2.02. The molecule has 0 saturated carbocycles. The van der Waals surface area contributed by atoms with Crippen molar-refractivity contribution >= 4 is 29.0 Å². The molecular weight excluding hydrogens is 271 g/mol. The standard InChI is InChI=1S/C14H10Cl2O2/c1-18-11-8-7-10(12(15)13(11)16)14(17)9-5-3-2-4-6-9/h2-8H,1H3. The van der Waals surface area contributed by atoms with Crippen molar-refractivity contribution < 1.29 is 9.53 Å². The summed E-state index contributed by atoms with van der Waals surface area (Å²) in [5, 5.41) is 0.464. The van der Waals surface area contributed by atoms with Crippen LogP contribution in [0.5, 0.6) is 5.75 Å². The Morgan fingerprint density at radius 1 is 1.00 bits per heavy atom. The lowest BCUT2D eigenvalue weighted by atomic mass is 10.0. The number of methoxy groups -OCH3 is 1. The van der Waals surface area contributed by atoms with E-state index < -0.39 is 0 Å². The SMILES string of the molecule is COc1ccc(C(=O)c2ccccc2)c(Cl)c1Cl. The molecule has 0 unspecified atom stereocenters. The van der Waals surface area contributed by atoms with Crippen LogP contribution in [0.25, 0.3) is 0 Å². The van der Waals surface area contributed by atoms with E-state index in [4.69, 9.17) is 27.9 Å². The number of benzene rings is 2. The molecule has 0 bridgehead atoms. The molecule has 0 aliphatic carbocycles. The minimum Gasteiger partial charge on any atom is -0.495 e. The van der Waals surface area contributed by atoms with Crippen LogP contribution in [0.1, 0.15) is 15.9 Å². The van der Waals surface area contributed by atoms with Crippen LogP contribution in [-0.4, -0.2) is 12.9 Å². The molecular formula is C14H10Cl2O2. The second-order valence-electron chi connectivity index (χ2n) is 3.64. The Morgan fingerprint density at radius 2 is 1.67 bits per heavy atom. The highest BCUT2D eigenvalue weighted by Crippen LogP contribution is 2.35. The van der Waals surface area contributed by atoms with Gasteiger partial charge in [-0.1, -0.05) is 53.5 Å². The van der Waals surface area contributed by atoms with Crippen molar-refractivity contribution in [3.05, 3.63) is 63.6 Å². The monoisotopic (exact) mass is 280 g/mol. The first kappa shape index (κ1) is 12.9. The number of carbonyl (C=O) groups excluding carboxylic acids is 1. The van der Waals surface area contributed by atoms with Gasteiger partial charge < -0.3 is 4.74 Å². The largest absolute Gasteiger partial charge is 0.495 e. The molecule has 2 aromatic carbocycles. The smallest absolute Gasteiger partial charge is 0.194 e. The van der Waals surface area contributed by atoms with Gasteiger partial charge >= 0.3 is 0 Å². The molecule has 18 heavy (non-hydrogen) atoms. The number of ether oxygens (including phenoxy) is 1. The van der Waals surface area contributed by atoms with Crippen molar-refractivity contribution in [2.45, 2.75) is 0 Å². The molecule has 0 spiro atoms. The molecule has 0 aromatic heterocycles. The Labute approximate surface area is 115 Å². The third-order valence-corrected chi connectivity index (χ3v) is 3.41. The zero-order valence-corrected chi connectivity index (χ0v) is 11.1. The van der Waals surface area contributed by atoms with Crippen molar-refractivity contribution in [2.75, 3.05) is 7.11 Å². The lowest BCUT2D eigenvalue weighted by Gasteiger charge is -2.08. The van der Waals surface area contributed by atoms with Crippen LogP contribution in [-0.2, 0) is 0 Å². The number of rotatable bonds is 3. The fourth-order valence-electron chi connectivity index (χ4n) is 1.61. The maximum absolute atomic E-state index is 12.2. The fraction of sp³-hybridized carbons (Fsp3) is 0.0714. The average Bonchev–Trinajstić information content (AvgIpc) is 2.42. The third-order valence-electron chi connectivity index (χ3n) is 2.55. The van der Waals surface area contributed by atoms with E-state index in [0.29, 0.717) is 16.9 Å². The van der Waals surface area contributed by atoms with Crippen LogP contribution < -0.4 is 4.74 Å². The predicted molar refractivity (Wildman–Crippen MR) is 72.9 cm³/mol. The molecule has 0 aliphatic rings. The number of hydrogen-bond acceptors (Lipinski definition) is 2. The highest BCUT2D eigenvalue weighted by atomic mass is 35.5. The van der Waals surface area contributed by atoms with Crippen molar-refractivity contribution in [3.8, 4) is 5.75 Å². The summed E-state index contributed by atoms with van der Waals surface area (Å²) in [5.41, 5.74) is 0.939. The minimum atomic E-state index is -0.162. The van der Waals surface area contributed by atoms with E-state index in [1.54, 1.807) is 36.4 Å². The summed E-state index contributed by atoms with van der Waals surface area (Å²) >= 11 is 12.1. The topological polar surface area (TPSA) is 26.3 Å². The number of halogens is 2. The Balaban J connectivity index is 2.47. The zero-order chi connectivity index (χ0) is 13.1. The summed E-state index contributed by atoms with van der Waals surface area (Å²) in [7, 11) is 1.50. The Bertz CT molecular complexity index is 580. The molecule has 2 rings (SSSR count). The van der Waals surface area contributed by atoms with E-state index >= 15 is 0 Å². The van der Waals surface area contributed by atoms with Crippen LogP contribution in [0.15, 0.2) is 42.5 Å². The summed E-state index contributed by atoms with van der Waals surface area (Å²) in [6, 6.07) is 12.2. The molecule has 0 N–H and O–H groups in total.